The van der Waals surface area contributed by atoms with Crippen molar-refractivity contribution in [3.8, 4) is 0 Å². The number of carbonyl (C=O) groups excluding carboxylic acids is 4. The number of hydrogen-bond acceptors (Lipinski definition) is 15. The van der Waals surface area contributed by atoms with Gasteiger partial charge in [0.1, 0.15) is 19.3 Å². The second kappa shape index (κ2) is 76.4. The van der Waals surface area contributed by atoms with E-state index in [4.69, 9.17) is 37.0 Å². The van der Waals surface area contributed by atoms with Gasteiger partial charge in [-0.2, -0.15) is 0 Å². The van der Waals surface area contributed by atoms with Crippen LogP contribution in [0.15, 0.2) is 0 Å². The third-order valence-electron chi connectivity index (χ3n) is 20.3. The average Bonchev–Trinajstić information content (AvgIpc) is 0.903. The zero-order chi connectivity index (χ0) is 76.4. The number of phosphoric ester groups is 2. The Morgan fingerprint density at radius 2 is 0.490 bits per heavy atom. The Hall–Kier alpha value is -1.94. The van der Waals surface area contributed by atoms with E-state index in [1.165, 1.54) is 263 Å². The topological polar surface area (TPSA) is 237 Å². The van der Waals surface area contributed by atoms with Crippen LogP contribution < -0.4 is 0 Å². The van der Waals surface area contributed by atoms with Crippen molar-refractivity contribution >= 4 is 39.5 Å². The van der Waals surface area contributed by atoms with E-state index in [2.05, 4.69) is 41.5 Å². The van der Waals surface area contributed by atoms with E-state index in [9.17, 15) is 43.2 Å². The molecule has 0 aliphatic rings. The first-order chi connectivity index (χ1) is 50.4. The molecule has 0 saturated heterocycles. The van der Waals surface area contributed by atoms with Gasteiger partial charge >= 0.3 is 39.5 Å². The fraction of sp³-hybridized carbons (Fsp3) is 0.953. The predicted octanol–water partition coefficient (Wildman–Crippen LogP) is 25.8. The van der Waals surface area contributed by atoms with Crippen LogP contribution in [0.3, 0.4) is 0 Å². The number of rotatable bonds is 84. The van der Waals surface area contributed by atoms with Gasteiger partial charge in [0, 0.05) is 25.7 Å². The van der Waals surface area contributed by atoms with Gasteiger partial charge in [0.05, 0.1) is 26.4 Å². The summed E-state index contributed by atoms with van der Waals surface area (Å²) in [5.74, 6) is -0.587. The van der Waals surface area contributed by atoms with E-state index in [0.717, 1.165) is 108 Å². The Morgan fingerprint density at radius 3 is 0.731 bits per heavy atom. The maximum absolute atomic E-state index is 13.1. The predicted molar refractivity (Wildman–Crippen MR) is 428 cm³/mol. The maximum Gasteiger partial charge on any atom is 0.472 e. The van der Waals surface area contributed by atoms with Crippen molar-refractivity contribution in [3.63, 3.8) is 0 Å². The molecule has 0 saturated carbocycles. The van der Waals surface area contributed by atoms with Crippen LogP contribution in [0, 0.1) is 11.8 Å². The zero-order valence-corrected chi connectivity index (χ0v) is 70.1. The highest BCUT2D eigenvalue weighted by Crippen LogP contribution is 2.45. The Labute approximate surface area is 638 Å². The van der Waals surface area contributed by atoms with Crippen molar-refractivity contribution in [3.05, 3.63) is 0 Å². The zero-order valence-electron chi connectivity index (χ0n) is 68.3. The summed E-state index contributed by atoms with van der Waals surface area (Å²) >= 11 is 0. The number of aliphatic hydroxyl groups excluding tert-OH is 1. The molecule has 0 bridgehead atoms. The molecule has 3 unspecified atom stereocenters. The largest absolute Gasteiger partial charge is 0.472 e. The molecule has 0 heterocycles. The summed E-state index contributed by atoms with van der Waals surface area (Å²) in [5.41, 5.74) is 0. The quantitative estimate of drug-likeness (QED) is 0.0222. The molecule has 17 nitrogen and oxygen atoms in total. The fourth-order valence-electron chi connectivity index (χ4n) is 13.2. The molecule has 6 atom stereocenters. The number of phosphoric acid groups is 2. The van der Waals surface area contributed by atoms with Crippen LogP contribution in [-0.2, 0) is 65.4 Å². The summed E-state index contributed by atoms with van der Waals surface area (Å²) < 4.78 is 68.9. The molecule has 0 aromatic carbocycles. The molecule has 0 spiro atoms. The van der Waals surface area contributed by atoms with E-state index in [0.29, 0.717) is 25.7 Å². The summed E-state index contributed by atoms with van der Waals surface area (Å²) in [7, 11) is -9.93. The number of carbonyl (C=O) groups is 4. The van der Waals surface area contributed by atoms with E-state index >= 15 is 0 Å². The van der Waals surface area contributed by atoms with E-state index in [1.54, 1.807) is 0 Å². The number of ether oxygens (including phenoxy) is 4. The van der Waals surface area contributed by atoms with Crippen LogP contribution in [0.1, 0.15) is 452 Å². The van der Waals surface area contributed by atoms with Crippen LogP contribution >= 0.6 is 15.6 Å². The van der Waals surface area contributed by atoms with Crippen LogP contribution in [-0.4, -0.2) is 96.7 Å². The molecule has 0 aromatic rings. The van der Waals surface area contributed by atoms with Crippen LogP contribution in [0.4, 0.5) is 0 Å². The minimum Gasteiger partial charge on any atom is -0.462 e. The third kappa shape index (κ3) is 76.8. The lowest BCUT2D eigenvalue weighted by Crippen LogP contribution is -2.30. The molecule has 0 aromatic heterocycles. The Morgan fingerprint density at radius 1 is 0.279 bits per heavy atom. The van der Waals surface area contributed by atoms with Crippen LogP contribution in [0.5, 0.6) is 0 Å². The molecule has 618 valence electrons. The molecule has 3 N–H and O–H groups in total. The van der Waals surface area contributed by atoms with E-state index in [-0.39, 0.29) is 25.7 Å². The summed E-state index contributed by atoms with van der Waals surface area (Å²) in [6.07, 6.45) is 68.1. The van der Waals surface area contributed by atoms with Gasteiger partial charge in [0.25, 0.3) is 0 Å². The lowest BCUT2D eigenvalue weighted by molar-refractivity contribution is -0.161. The van der Waals surface area contributed by atoms with E-state index < -0.39 is 97.5 Å². The SMILES string of the molecule is CCCCCCCCCCCCCCCCCCCCCC(=O)OC[C@H](COP(=O)(O)OC[C@@H](O)COP(=O)(O)OC[C@@H](COC(=O)CCCCCCCCC(C)CC)OC(=O)CCCCCCCCCCCCCCCC(C)C)OC(=O)CCCCCCCCCCCCCCCCCCCCC. The Balaban J connectivity index is 5.23. The highest BCUT2D eigenvalue weighted by Gasteiger charge is 2.30. The van der Waals surface area contributed by atoms with Crippen molar-refractivity contribution in [1.29, 1.82) is 0 Å². The van der Waals surface area contributed by atoms with Gasteiger partial charge < -0.3 is 33.8 Å². The molecule has 0 radical (unpaired) electrons. The van der Waals surface area contributed by atoms with Gasteiger partial charge in [-0.05, 0) is 37.5 Å². The lowest BCUT2D eigenvalue weighted by atomic mass is 10.00. The molecule has 19 heteroatoms. The Kier molecular flexibility index (Phi) is 75.0. The minimum atomic E-state index is -4.97. The summed E-state index contributed by atoms with van der Waals surface area (Å²) in [6.45, 7) is 9.64. The van der Waals surface area contributed by atoms with Gasteiger partial charge in [0.2, 0.25) is 0 Å². The first-order valence-corrected chi connectivity index (χ1v) is 47.0. The molecule has 0 aliphatic heterocycles. The van der Waals surface area contributed by atoms with E-state index in [1.807, 2.05) is 0 Å². The number of esters is 4. The fourth-order valence-corrected chi connectivity index (χ4v) is 14.8. The highest BCUT2D eigenvalue weighted by atomic mass is 31.2. The molecule has 0 rings (SSSR count). The lowest BCUT2D eigenvalue weighted by Gasteiger charge is -2.21. The third-order valence-corrected chi connectivity index (χ3v) is 22.2. The molecule has 0 amide bonds. The number of unbranched alkanes of at least 4 members (excludes halogenated alkanes) is 53. The Bertz CT molecular complexity index is 2000. The molecule has 0 aliphatic carbocycles. The van der Waals surface area contributed by atoms with Crippen molar-refractivity contribution in [2.75, 3.05) is 39.6 Å². The van der Waals surface area contributed by atoms with Crippen molar-refractivity contribution in [2.24, 2.45) is 11.8 Å². The van der Waals surface area contributed by atoms with Gasteiger partial charge in [-0.15, -0.1) is 0 Å². The molecule has 0 fully saturated rings. The summed E-state index contributed by atoms with van der Waals surface area (Å²) in [5, 5.41) is 10.7. The average molecular weight is 1520 g/mol. The smallest absolute Gasteiger partial charge is 0.462 e. The first-order valence-electron chi connectivity index (χ1n) is 44.0. The standard InChI is InChI=1S/C85H166O17P2/c1-7-10-12-14-16-18-20-22-24-26-28-30-32-36-40-44-48-55-61-67-82(87)95-73-80(101-84(89)69-63-57-49-45-41-37-33-31-29-27-25-23-21-19-17-15-13-11-8-2)75-99-103(91,92)97-71-79(86)72-98-104(93,94)100-76-81(74-96-83(88)68-62-56-52-51-54-60-66-78(6)9-3)102-85(90)70-64-58-50-46-42-38-34-35-39-43-47-53-59-65-77(4)5/h77-81,86H,7-76H2,1-6H3,(H,91,92)(H,93,94)/t78?,79-,80-,81-/m1/s1. The van der Waals surface area contributed by atoms with Crippen LogP contribution in [0.2, 0.25) is 0 Å². The number of aliphatic hydroxyl groups is 1. The highest BCUT2D eigenvalue weighted by molar-refractivity contribution is 7.47. The number of hydrogen-bond donors (Lipinski definition) is 3. The van der Waals surface area contributed by atoms with Crippen molar-refractivity contribution < 1.29 is 80.2 Å². The summed E-state index contributed by atoms with van der Waals surface area (Å²) in [6, 6.07) is 0. The van der Waals surface area contributed by atoms with Gasteiger partial charge in [-0.25, -0.2) is 9.13 Å². The van der Waals surface area contributed by atoms with Crippen molar-refractivity contribution in [1.82, 2.24) is 0 Å². The van der Waals surface area contributed by atoms with Gasteiger partial charge in [0.15, 0.2) is 12.2 Å². The normalized spacial score (nSPS) is 14.1. The second-order valence-corrected chi connectivity index (χ2v) is 34.2. The second-order valence-electron chi connectivity index (χ2n) is 31.3. The van der Waals surface area contributed by atoms with Crippen LogP contribution in [0.25, 0.3) is 0 Å². The molecular weight excluding hydrogens is 1350 g/mol. The summed E-state index contributed by atoms with van der Waals surface area (Å²) in [4.78, 5) is 73.2. The van der Waals surface area contributed by atoms with Crippen molar-refractivity contribution in [2.45, 2.75) is 471 Å². The molecule has 104 heavy (non-hydrogen) atoms. The monoisotopic (exact) mass is 1520 g/mol. The van der Waals surface area contributed by atoms with Gasteiger partial charge in [-0.1, -0.05) is 401 Å². The minimum absolute atomic E-state index is 0.107. The first kappa shape index (κ1) is 102. The maximum atomic E-state index is 13.1. The molecular formula is C85H166O17P2. The van der Waals surface area contributed by atoms with Gasteiger partial charge in [-0.3, -0.25) is 37.3 Å².